The number of rotatable bonds is 1. The molecule has 1 aromatic rings. The van der Waals surface area contributed by atoms with E-state index in [4.69, 9.17) is 26.8 Å². The van der Waals surface area contributed by atoms with Gasteiger partial charge in [0, 0.05) is 10.4 Å². The molecule has 2 fully saturated rings. The number of benzene rings is 1. The van der Waals surface area contributed by atoms with Gasteiger partial charge in [0.15, 0.2) is 10.8 Å². The molecule has 0 amide bonds. The van der Waals surface area contributed by atoms with E-state index in [0.717, 1.165) is 5.56 Å². The second-order valence-electron chi connectivity index (χ2n) is 6.68. The summed E-state index contributed by atoms with van der Waals surface area (Å²) in [5, 5.41) is 20.7. The summed E-state index contributed by atoms with van der Waals surface area (Å²) in [6, 6.07) is 11.6. The maximum atomic E-state index is 10.1. The highest BCUT2D eigenvalue weighted by Gasteiger charge is 3.00. The molecule has 4 rings (SSSR count). The molecule has 24 heavy (non-hydrogen) atoms. The molecule has 3 aliphatic rings. The van der Waals surface area contributed by atoms with Crippen LogP contribution in [0.2, 0.25) is 5.02 Å². The molecule has 0 radical (unpaired) electrons. The Morgan fingerprint density at radius 2 is 2.12 bits per heavy atom. The van der Waals surface area contributed by atoms with E-state index in [2.05, 4.69) is 17.1 Å². The van der Waals surface area contributed by atoms with E-state index in [1.165, 1.54) is 0 Å². The van der Waals surface area contributed by atoms with E-state index in [0.29, 0.717) is 5.02 Å². The Bertz CT molecular complexity index is 874. The fourth-order valence-electron chi connectivity index (χ4n) is 4.62. The van der Waals surface area contributed by atoms with E-state index in [1.54, 1.807) is 18.2 Å². The van der Waals surface area contributed by atoms with Crippen LogP contribution in [0, 0.1) is 33.5 Å². The average Bonchev–Trinajstić information content (AvgIpc) is 2.73. The lowest BCUT2D eigenvalue weighted by Gasteiger charge is -2.30. The van der Waals surface area contributed by atoms with Crippen molar-refractivity contribution in [3.05, 3.63) is 34.9 Å². The van der Waals surface area contributed by atoms with Gasteiger partial charge >= 0.3 is 0 Å². The minimum atomic E-state index is -1.56. The number of nitriles is 2. The van der Waals surface area contributed by atoms with E-state index >= 15 is 0 Å². The van der Waals surface area contributed by atoms with Gasteiger partial charge in [-0.15, -0.1) is 0 Å². The molecule has 0 aromatic heterocycles. The van der Waals surface area contributed by atoms with Crippen LogP contribution in [0.4, 0.5) is 0 Å². The first kappa shape index (κ1) is 15.4. The molecule has 1 saturated heterocycles. The first-order valence-corrected chi connectivity index (χ1v) is 7.99. The van der Waals surface area contributed by atoms with E-state index in [1.807, 2.05) is 19.9 Å². The van der Waals surface area contributed by atoms with Gasteiger partial charge < -0.3 is 15.2 Å². The lowest BCUT2D eigenvalue weighted by Crippen LogP contribution is -2.42. The van der Waals surface area contributed by atoms with Crippen LogP contribution in [0.15, 0.2) is 29.3 Å². The van der Waals surface area contributed by atoms with Gasteiger partial charge in [-0.3, -0.25) is 0 Å². The van der Waals surface area contributed by atoms with E-state index in [9.17, 15) is 10.5 Å². The predicted molar refractivity (Wildman–Crippen MR) is 85.7 cm³/mol. The number of amidine groups is 1. The Morgan fingerprint density at radius 1 is 1.38 bits per heavy atom. The van der Waals surface area contributed by atoms with Crippen molar-refractivity contribution < 1.29 is 9.47 Å². The third-order valence-electron chi connectivity index (χ3n) is 5.74. The topological polar surface area (TPSA) is 104 Å². The highest BCUT2D eigenvalue weighted by molar-refractivity contribution is 6.30. The molecule has 1 aromatic carbocycles. The van der Waals surface area contributed by atoms with E-state index < -0.39 is 22.2 Å². The van der Waals surface area contributed by atoms with Crippen LogP contribution < -0.4 is 5.73 Å². The highest BCUT2D eigenvalue weighted by Crippen LogP contribution is 2.85. The number of fused-ring (bicyclic) bond motifs is 2. The Kier molecular flexibility index (Phi) is 2.75. The summed E-state index contributed by atoms with van der Waals surface area (Å²) < 4.78 is 11.7. The van der Waals surface area contributed by atoms with Crippen molar-refractivity contribution in [2.75, 3.05) is 6.61 Å². The third kappa shape index (κ3) is 1.23. The molecule has 2 heterocycles. The molecule has 122 valence electrons. The standard InChI is InChI=1S/C17H15ClN4O2/c1-10-7-23-17(24-10)16(9-20)14(2,11-4-3-5-12(18)6-11)15(16,8-19)13(21)22-17/h3-6,10H,7H2,1-2H3,(H2,21,22)/t10-,14-,15-,16+,17+/m0/s1. The van der Waals surface area contributed by atoms with Gasteiger partial charge in [0.1, 0.15) is 5.84 Å². The molecule has 1 aliphatic carbocycles. The first-order valence-electron chi connectivity index (χ1n) is 7.61. The summed E-state index contributed by atoms with van der Waals surface area (Å²) in [4.78, 5) is 4.30. The molecular formula is C17H15ClN4O2. The third-order valence-corrected chi connectivity index (χ3v) is 5.97. The van der Waals surface area contributed by atoms with Gasteiger partial charge in [-0.2, -0.15) is 10.5 Å². The molecule has 5 atom stereocenters. The highest BCUT2D eigenvalue weighted by atomic mass is 35.5. The van der Waals surface area contributed by atoms with Crippen LogP contribution >= 0.6 is 11.6 Å². The van der Waals surface area contributed by atoms with Crippen LogP contribution in [-0.4, -0.2) is 24.5 Å². The first-order chi connectivity index (χ1) is 11.3. The number of nitrogens with zero attached hydrogens (tertiary/aromatic N) is 3. The van der Waals surface area contributed by atoms with Crippen molar-refractivity contribution in [3.63, 3.8) is 0 Å². The largest absolute Gasteiger partial charge is 0.386 e. The fourth-order valence-corrected chi connectivity index (χ4v) is 4.81. The Hall–Kier alpha value is -2.12. The maximum Gasteiger partial charge on any atom is 0.294 e. The lowest BCUT2D eigenvalue weighted by molar-refractivity contribution is -0.196. The second-order valence-corrected chi connectivity index (χ2v) is 7.11. The van der Waals surface area contributed by atoms with Gasteiger partial charge in [0.2, 0.25) is 0 Å². The minimum absolute atomic E-state index is 0.0723. The molecule has 0 bridgehead atoms. The molecule has 7 heteroatoms. The number of hydrogen-bond donors (Lipinski definition) is 1. The number of aliphatic imine (C=N–C) groups is 1. The van der Waals surface area contributed by atoms with Crippen LogP contribution in [0.5, 0.6) is 0 Å². The Morgan fingerprint density at radius 3 is 2.67 bits per heavy atom. The molecule has 6 nitrogen and oxygen atoms in total. The van der Waals surface area contributed by atoms with Crippen molar-refractivity contribution in [2.24, 2.45) is 21.6 Å². The summed E-state index contributed by atoms with van der Waals surface area (Å²) in [5.74, 6) is -1.49. The maximum absolute atomic E-state index is 10.1. The van der Waals surface area contributed by atoms with Crippen molar-refractivity contribution >= 4 is 17.4 Å². The second kappa shape index (κ2) is 4.29. The summed E-state index contributed by atoms with van der Waals surface area (Å²) >= 11 is 6.13. The Labute approximate surface area is 144 Å². The van der Waals surface area contributed by atoms with Gasteiger partial charge in [-0.25, -0.2) is 4.99 Å². The number of nitrogens with two attached hydrogens (primary N) is 1. The Balaban J connectivity index is 2.00. The normalized spacial score (nSPS) is 45.4. The zero-order valence-electron chi connectivity index (χ0n) is 13.2. The van der Waals surface area contributed by atoms with Gasteiger partial charge in [0.05, 0.1) is 24.8 Å². The van der Waals surface area contributed by atoms with Gasteiger partial charge in [0.25, 0.3) is 5.91 Å². The molecule has 2 aliphatic heterocycles. The number of halogens is 1. The van der Waals surface area contributed by atoms with Crippen molar-refractivity contribution in [3.8, 4) is 12.1 Å². The zero-order valence-corrected chi connectivity index (χ0v) is 14.0. The summed E-state index contributed by atoms with van der Waals surface area (Å²) in [6.07, 6.45) is -0.245. The summed E-state index contributed by atoms with van der Waals surface area (Å²) in [7, 11) is 0. The van der Waals surface area contributed by atoms with Crippen LogP contribution in [-0.2, 0) is 14.9 Å². The van der Waals surface area contributed by atoms with Crippen LogP contribution in [0.3, 0.4) is 0 Å². The predicted octanol–water partition coefficient (Wildman–Crippen LogP) is 2.09. The quantitative estimate of drug-likeness (QED) is 0.841. The molecule has 0 unspecified atom stereocenters. The van der Waals surface area contributed by atoms with Crippen molar-refractivity contribution in [1.29, 1.82) is 10.5 Å². The minimum Gasteiger partial charge on any atom is -0.386 e. The molecule has 1 spiro atoms. The average molecular weight is 343 g/mol. The number of hydrogen-bond acceptors (Lipinski definition) is 6. The summed E-state index contributed by atoms with van der Waals surface area (Å²) in [6.45, 7) is 3.94. The molecular weight excluding hydrogens is 328 g/mol. The van der Waals surface area contributed by atoms with E-state index in [-0.39, 0.29) is 18.5 Å². The fraction of sp³-hybridized carbons (Fsp3) is 0.471. The smallest absolute Gasteiger partial charge is 0.294 e. The van der Waals surface area contributed by atoms with Gasteiger partial charge in [-0.1, -0.05) is 30.7 Å². The van der Waals surface area contributed by atoms with Crippen LogP contribution in [0.25, 0.3) is 0 Å². The van der Waals surface area contributed by atoms with Gasteiger partial charge in [-0.05, 0) is 24.6 Å². The monoisotopic (exact) mass is 342 g/mol. The SMILES string of the molecule is C[C@H]1CO[C@@]2(N=C(N)[C@@]3(C#N)[C@](C)(c4cccc(Cl)c4)[C@@]23C#N)O1. The zero-order chi connectivity index (χ0) is 17.4. The summed E-state index contributed by atoms with van der Waals surface area (Å²) in [5.41, 5.74) is 3.28. The molecule has 1 saturated carbocycles. The van der Waals surface area contributed by atoms with Crippen molar-refractivity contribution in [1.82, 2.24) is 0 Å². The van der Waals surface area contributed by atoms with Crippen molar-refractivity contribution in [2.45, 2.75) is 31.3 Å². The lowest BCUT2D eigenvalue weighted by atomic mass is 9.84. The van der Waals surface area contributed by atoms with Crippen LogP contribution in [0.1, 0.15) is 19.4 Å². The number of ether oxygens (including phenoxy) is 2. The molecule has 2 N–H and O–H groups in total.